The molecule has 3 N–H and O–H groups in total. The Morgan fingerprint density at radius 2 is 1.95 bits per heavy atom. The van der Waals surface area contributed by atoms with E-state index in [9.17, 15) is 0 Å². The van der Waals surface area contributed by atoms with Gasteiger partial charge in [-0.1, -0.05) is 36.9 Å². The third-order valence-electron chi connectivity index (χ3n) is 3.05. The minimum absolute atomic E-state index is 0.391. The molecule has 0 unspecified atom stereocenters. The van der Waals surface area contributed by atoms with Crippen LogP contribution in [0, 0.1) is 6.92 Å². The van der Waals surface area contributed by atoms with Crippen molar-refractivity contribution < 1.29 is 0 Å². The molecule has 0 aliphatic carbocycles. The van der Waals surface area contributed by atoms with Crippen LogP contribution in [0.15, 0.2) is 48.4 Å². The highest BCUT2D eigenvalue weighted by molar-refractivity contribution is 8.00. The molecule has 3 nitrogen and oxygen atoms in total. The highest BCUT2D eigenvalue weighted by Gasteiger charge is 2.08. The van der Waals surface area contributed by atoms with Gasteiger partial charge in [-0.05, 0) is 43.1 Å². The Labute approximate surface area is 130 Å². The number of rotatable bonds is 6. The lowest BCUT2D eigenvalue weighted by Crippen LogP contribution is -2.04. The lowest BCUT2D eigenvalue weighted by Gasteiger charge is -2.13. The summed E-state index contributed by atoms with van der Waals surface area (Å²) in [6.45, 7) is 10.1. The molecule has 1 aromatic heterocycles. The SMILES string of the molecule is C=Cc1nc(CN)cc(NSc2ccc(C)cc2)c1C=C. The Hall–Kier alpha value is -2.04. The number of nitrogens with one attached hydrogen (secondary N) is 1. The summed E-state index contributed by atoms with van der Waals surface area (Å²) in [7, 11) is 0. The average molecular weight is 297 g/mol. The van der Waals surface area contributed by atoms with Gasteiger partial charge in [0.05, 0.1) is 17.1 Å². The smallest absolute Gasteiger partial charge is 0.0720 e. The van der Waals surface area contributed by atoms with Crippen LogP contribution in [0.1, 0.15) is 22.5 Å². The summed E-state index contributed by atoms with van der Waals surface area (Å²) >= 11 is 1.55. The predicted molar refractivity (Wildman–Crippen MR) is 93.0 cm³/mol. The Balaban J connectivity index is 2.27. The van der Waals surface area contributed by atoms with Crippen molar-refractivity contribution in [3.8, 4) is 0 Å². The molecule has 0 atom stereocenters. The predicted octanol–water partition coefficient (Wildman–Crippen LogP) is 4.25. The Bertz CT molecular complexity index is 648. The number of aromatic nitrogens is 1. The second-order valence-electron chi connectivity index (χ2n) is 4.59. The minimum Gasteiger partial charge on any atom is -0.325 e. The monoisotopic (exact) mass is 297 g/mol. The van der Waals surface area contributed by atoms with Crippen LogP contribution >= 0.6 is 11.9 Å². The number of nitrogens with zero attached hydrogens (tertiary/aromatic N) is 1. The van der Waals surface area contributed by atoms with E-state index in [1.54, 1.807) is 24.1 Å². The van der Waals surface area contributed by atoms with Gasteiger partial charge in [0, 0.05) is 17.0 Å². The van der Waals surface area contributed by atoms with Gasteiger partial charge in [0.15, 0.2) is 0 Å². The normalized spacial score (nSPS) is 10.2. The number of hydrogen-bond donors (Lipinski definition) is 2. The summed E-state index contributed by atoms with van der Waals surface area (Å²) in [6, 6.07) is 10.3. The van der Waals surface area contributed by atoms with Gasteiger partial charge >= 0.3 is 0 Å². The van der Waals surface area contributed by atoms with Crippen molar-refractivity contribution in [2.75, 3.05) is 4.72 Å². The average Bonchev–Trinajstić information content (AvgIpc) is 2.53. The standard InChI is InChI=1S/C17H19N3S/c1-4-15-16(5-2)19-13(11-18)10-17(15)20-21-14-8-6-12(3)7-9-14/h4-10H,1-2,11,18H2,3H3,(H,19,20). The Morgan fingerprint density at radius 1 is 1.24 bits per heavy atom. The lowest BCUT2D eigenvalue weighted by atomic mass is 10.1. The van der Waals surface area contributed by atoms with Crippen LogP contribution in [0.3, 0.4) is 0 Å². The number of nitrogens with two attached hydrogens (primary N) is 1. The van der Waals surface area contributed by atoms with Crippen LogP contribution in [-0.4, -0.2) is 4.98 Å². The van der Waals surface area contributed by atoms with E-state index in [0.717, 1.165) is 27.5 Å². The summed E-state index contributed by atoms with van der Waals surface area (Å²) in [5.41, 5.74) is 10.4. The summed E-state index contributed by atoms with van der Waals surface area (Å²) in [4.78, 5) is 5.58. The van der Waals surface area contributed by atoms with Crippen molar-refractivity contribution in [3.63, 3.8) is 0 Å². The van der Waals surface area contributed by atoms with Gasteiger partial charge < -0.3 is 10.5 Å². The maximum atomic E-state index is 5.70. The van der Waals surface area contributed by atoms with E-state index >= 15 is 0 Å². The van der Waals surface area contributed by atoms with Gasteiger partial charge in [-0.25, -0.2) is 0 Å². The zero-order chi connectivity index (χ0) is 15.2. The first-order valence-electron chi connectivity index (χ1n) is 6.66. The molecule has 2 rings (SSSR count). The number of benzene rings is 1. The molecular weight excluding hydrogens is 278 g/mol. The van der Waals surface area contributed by atoms with E-state index in [4.69, 9.17) is 5.73 Å². The molecule has 2 aromatic rings. The topological polar surface area (TPSA) is 50.9 Å². The molecular formula is C17H19N3S. The number of anilines is 1. The third-order valence-corrected chi connectivity index (χ3v) is 3.88. The molecule has 0 aliphatic heterocycles. The molecule has 0 fully saturated rings. The van der Waals surface area contributed by atoms with E-state index in [1.165, 1.54) is 5.56 Å². The summed E-state index contributed by atoms with van der Waals surface area (Å²) in [5, 5.41) is 0. The number of aryl methyl sites for hydroxylation is 1. The number of hydrogen-bond acceptors (Lipinski definition) is 4. The van der Waals surface area contributed by atoms with Crippen LogP contribution in [0.25, 0.3) is 12.2 Å². The quantitative estimate of drug-likeness (QED) is 0.782. The van der Waals surface area contributed by atoms with Crippen LogP contribution in [0.5, 0.6) is 0 Å². The molecule has 1 heterocycles. The second kappa shape index (κ2) is 7.11. The fourth-order valence-corrected chi connectivity index (χ4v) is 2.58. The molecule has 0 amide bonds. The van der Waals surface area contributed by atoms with E-state index in [2.05, 4.69) is 54.1 Å². The fourth-order valence-electron chi connectivity index (χ4n) is 1.91. The van der Waals surface area contributed by atoms with Crippen LogP contribution in [0.4, 0.5) is 5.69 Å². The molecule has 0 bridgehead atoms. The van der Waals surface area contributed by atoms with E-state index in [1.807, 2.05) is 6.07 Å². The maximum Gasteiger partial charge on any atom is 0.0720 e. The molecule has 1 aromatic carbocycles. The first kappa shape index (κ1) is 15.4. The van der Waals surface area contributed by atoms with Crippen molar-refractivity contribution in [2.24, 2.45) is 5.73 Å². The van der Waals surface area contributed by atoms with E-state index < -0.39 is 0 Å². The molecule has 0 saturated carbocycles. The van der Waals surface area contributed by atoms with Crippen LogP contribution in [-0.2, 0) is 6.54 Å². The largest absolute Gasteiger partial charge is 0.325 e. The van der Waals surface area contributed by atoms with E-state index in [0.29, 0.717) is 6.54 Å². The summed E-state index contributed by atoms with van der Waals surface area (Å²) < 4.78 is 3.35. The molecule has 0 aliphatic rings. The molecule has 0 saturated heterocycles. The van der Waals surface area contributed by atoms with E-state index in [-0.39, 0.29) is 0 Å². The zero-order valence-electron chi connectivity index (χ0n) is 12.1. The molecule has 4 heteroatoms. The summed E-state index contributed by atoms with van der Waals surface area (Å²) in [5.74, 6) is 0. The van der Waals surface area contributed by atoms with Gasteiger partial charge in [0.2, 0.25) is 0 Å². The van der Waals surface area contributed by atoms with Gasteiger partial charge in [-0.2, -0.15) is 0 Å². The van der Waals surface area contributed by atoms with Crippen molar-refractivity contribution in [1.82, 2.24) is 4.98 Å². The van der Waals surface area contributed by atoms with Crippen molar-refractivity contribution >= 4 is 29.8 Å². The van der Waals surface area contributed by atoms with Crippen LogP contribution < -0.4 is 10.5 Å². The molecule has 0 spiro atoms. The highest BCUT2D eigenvalue weighted by Crippen LogP contribution is 2.28. The Kier molecular flexibility index (Phi) is 5.20. The summed E-state index contributed by atoms with van der Waals surface area (Å²) in [6.07, 6.45) is 3.50. The maximum absolute atomic E-state index is 5.70. The number of pyridine rings is 1. The zero-order valence-corrected chi connectivity index (χ0v) is 12.9. The highest BCUT2D eigenvalue weighted by atomic mass is 32.2. The van der Waals surface area contributed by atoms with Crippen molar-refractivity contribution in [3.05, 3.63) is 66.0 Å². The van der Waals surface area contributed by atoms with Crippen molar-refractivity contribution in [2.45, 2.75) is 18.4 Å². The third kappa shape index (κ3) is 3.74. The van der Waals surface area contributed by atoms with Gasteiger partial charge in [0.25, 0.3) is 0 Å². The van der Waals surface area contributed by atoms with Crippen molar-refractivity contribution in [1.29, 1.82) is 0 Å². The molecule has 21 heavy (non-hydrogen) atoms. The Morgan fingerprint density at radius 3 is 2.52 bits per heavy atom. The first-order chi connectivity index (χ1) is 10.2. The van der Waals surface area contributed by atoms with Crippen LogP contribution in [0.2, 0.25) is 0 Å². The fraction of sp³-hybridized carbons (Fsp3) is 0.118. The molecule has 108 valence electrons. The first-order valence-corrected chi connectivity index (χ1v) is 7.48. The lowest BCUT2D eigenvalue weighted by molar-refractivity contribution is 0.985. The van der Waals surface area contributed by atoms with Gasteiger partial charge in [-0.3, -0.25) is 4.98 Å². The molecule has 0 radical (unpaired) electrons. The van der Waals surface area contributed by atoms with Gasteiger partial charge in [-0.15, -0.1) is 0 Å². The second-order valence-corrected chi connectivity index (χ2v) is 5.47. The minimum atomic E-state index is 0.391. The van der Waals surface area contributed by atoms with Gasteiger partial charge in [0.1, 0.15) is 0 Å².